The monoisotopic (exact) mass is 284 g/mol. The molecular formula is C10H13ClN6S. The van der Waals surface area contributed by atoms with Crippen LogP contribution in [0.2, 0.25) is 5.15 Å². The molecule has 0 aliphatic rings. The van der Waals surface area contributed by atoms with Gasteiger partial charge >= 0.3 is 0 Å². The minimum absolute atomic E-state index is 0.221. The number of anilines is 1. The van der Waals surface area contributed by atoms with E-state index in [0.29, 0.717) is 16.9 Å². The Morgan fingerprint density at radius 3 is 2.72 bits per heavy atom. The van der Waals surface area contributed by atoms with Gasteiger partial charge in [0.05, 0.1) is 18.1 Å². The Hall–Kier alpha value is -1.34. The first kappa shape index (κ1) is 13.1. The van der Waals surface area contributed by atoms with Crippen LogP contribution in [-0.4, -0.2) is 24.7 Å². The van der Waals surface area contributed by atoms with Crippen LogP contribution in [0.15, 0.2) is 17.6 Å². The van der Waals surface area contributed by atoms with Crippen molar-refractivity contribution < 1.29 is 0 Å². The van der Waals surface area contributed by atoms with Crippen molar-refractivity contribution in [2.75, 3.05) is 5.73 Å². The van der Waals surface area contributed by atoms with Crippen molar-refractivity contribution in [3.63, 3.8) is 0 Å². The quantitative estimate of drug-likeness (QED) is 0.867. The number of halogens is 1. The van der Waals surface area contributed by atoms with Crippen molar-refractivity contribution in [2.24, 2.45) is 0 Å². The summed E-state index contributed by atoms with van der Waals surface area (Å²) in [5.74, 6) is 1.07. The molecule has 0 saturated carbocycles. The molecule has 0 bridgehead atoms. The molecule has 2 N–H and O–H groups in total. The molecule has 0 amide bonds. The van der Waals surface area contributed by atoms with Crippen LogP contribution in [0.25, 0.3) is 0 Å². The van der Waals surface area contributed by atoms with Crippen molar-refractivity contribution in [3.05, 3.63) is 23.2 Å². The molecule has 0 spiro atoms. The van der Waals surface area contributed by atoms with Crippen LogP contribution in [-0.2, 0) is 5.75 Å². The molecule has 0 saturated heterocycles. The first-order chi connectivity index (χ1) is 8.58. The van der Waals surface area contributed by atoms with Crippen molar-refractivity contribution >= 4 is 29.3 Å². The van der Waals surface area contributed by atoms with Crippen LogP contribution in [0, 0.1) is 0 Å². The average Bonchev–Trinajstić information content (AvgIpc) is 2.70. The van der Waals surface area contributed by atoms with E-state index in [4.69, 9.17) is 17.3 Å². The largest absolute Gasteiger partial charge is 0.368 e. The number of hydrogen-bond acceptors (Lipinski definition) is 6. The Kier molecular flexibility index (Phi) is 4.03. The molecule has 2 aromatic rings. The molecule has 2 aromatic heterocycles. The summed E-state index contributed by atoms with van der Waals surface area (Å²) in [5, 5.41) is 9.09. The molecule has 0 fully saturated rings. The molecule has 0 aromatic carbocycles. The molecule has 6 nitrogen and oxygen atoms in total. The maximum atomic E-state index is 5.76. The normalized spacial score (nSPS) is 11.1. The standard InChI is InChI=1S/C10H13ClN6S/c1-6(2)17-9(12)15-16-10(17)18-5-7-3-14-8(11)4-13-7/h3-4,6H,5H2,1-2H3,(H2,12,15). The van der Waals surface area contributed by atoms with E-state index < -0.39 is 0 Å². The smallest absolute Gasteiger partial charge is 0.222 e. The lowest BCUT2D eigenvalue weighted by Gasteiger charge is -2.10. The van der Waals surface area contributed by atoms with E-state index in [0.717, 1.165) is 10.9 Å². The van der Waals surface area contributed by atoms with Crippen LogP contribution in [0.4, 0.5) is 5.95 Å². The Morgan fingerprint density at radius 1 is 1.33 bits per heavy atom. The van der Waals surface area contributed by atoms with Gasteiger partial charge in [-0.25, -0.2) is 4.98 Å². The maximum Gasteiger partial charge on any atom is 0.222 e. The Labute approximate surface area is 114 Å². The van der Waals surface area contributed by atoms with E-state index >= 15 is 0 Å². The molecule has 0 aliphatic carbocycles. The molecule has 8 heteroatoms. The summed E-state index contributed by atoms with van der Waals surface area (Å²) in [7, 11) is 0. The van der Waals surface area contributed by atoms with Crippen LogP contribution >= 0.6 is 23.4 Å². The van der Waals surface area contributed by atoms with Gasteiger partial charge in [-0.3, -0.25) is 9.55 Å². The van der Waals surface area contributed by atoms with E-state index in [1.807, 2.05) is 18.4 Å². The predicted octanol–water partition coefficient (Wildman–Crippen LogP) is 2.18. The molecule has 96 valence electrons. The SMILES string of the molecule is CC(C)n1c(N)nnc1SCc1cnc(Cl)cn1. The highest BCUT2D eigenvalue weighted by Crippen LogP contribution is 2.24. The van der Waals surface area contributed by atoms with E-state index in [-0.39, 0.29) is 6.04 Å². The number of aromatic nitrogens is 5. The second kappa shape index (κ2) is 5.53. The van der Waals surface area contributed by atoms with Gasteiger partial charge in [-0.15, -0.1) is 10.2 Å². The van der Waals surface area contributed by atoms with Gasteiger partial charge in [0.15, 0.2) is 5.16 Å². The number of nitrogens with zero attached hydrogens (tertiary/aromatic N) is 5. The van der Waals surface area contributed by atoms with Crippen molar-refractivity contribution in [1.82, 2.24) is 24.7 Å². The van der Waals surface area contributed by atoms with Gasteiger partial charge < -0.3 is 5.73 Å². The first-order valence-electron chi connectivity index (χ1n) is 5.37. The zero-order valence-electron chi connectivity index (χ0n) is 10.0. The zero-order valence-corrected chi connectivity index (χ0v) is 11.6. The Bertz CT molecular complexity index is 524. The highest BCUT2D eigenvalue weighted by Gasteiger charge is 2.13. The Morgan fingerprint density at radius 2 is 2.11 bits per heavy atom. The molecular weight excluding hydrogens is 272 g/mol. The summed E-state index contributed by atoms with van der Waals surface area (Å²) in [6.45, 7) is 4.07. The van der Waals surface area contributed by atoms with Gasteiger partial charge in [-0.05, 0) is 13.8 Å². The number of thioether (sulfide) groups is 1. The van der Waals surface area contributed by atoms with Crippen LogP contribution in [0.3, 0.4) is 0 Å². The maximum absolute atomic E-state index is 5.76. The van der Waals surface area contributed by atoms with Gasteiger partial charge in [-0.2, -0.15) is 0 Å². The van der Waals surface area contributed by atoms with Crippen LogP contribution in [0.1, 0.15) is 25.6 Å². The lowest BCUT2D eigenvalue weighted by molar-refractivity contribution is 0.557. The minimum Gasteiger partial charge on any atom is -0.368 e. The molecule has 0 aliphatic heterocycles. The topological polar surface area (TPSA) is 82.5 Å². The molecule has 2 heterocycles. The van der Waals surface area contributed by atoms with Crippen LogP contribution in [0.5, 0.6) is 0 Å². The molecule has 0 atom stereocenters. The van der Waals surface area contributed by atoms with E-state index in [9.17, 15) is 0 Å². The molecule has 0 radical (unpaired) electrons. The third-order valence-corrected chi connectivity index (χ3v) is 3.40. The predicted molar refractivity (Wildman–Crippen MR) is 71.4 cm³/mol. The second-order valence-electron chi connectivity index (χ2n) is 3.92. The highest BCUT2D eigenvalue weighted by molar-refractivity contribution is 7.98. The van der Waals surface area contributed by atoms with Crippen LogP contribution < -0.4 is 5.73 Å². The summed E-state index contributed by atoms with van der Waals surface area (Å²) in [5.41, 5.74) is 6.60. The highest BCUT2D eigenvalue weighted by atomic mass is 35.5. The number of rotatable bonds is 4. The average molecular weight is 285 g/mol. The summed E-state index contributed by atoms with van der Waals surface area (Å²) >= 11 is 7.19. The lowest BCUT2D eigenvalue weighted by atomic mass is 10.4. The van der Waals surface area contributed by atoms with Gasteiger partial charge in [-0.1, -0.05) is 23.4 Å². The third-order valence-electron chi connectivity index (χ3n) is 2.23. The number of nitrogens with two attached hydrogens (primary N) is 1. The van der Waals surface area contributed by atoms with E-state index in [1.165, 1.54) is 18.0 Å². The van der Waals surface area contributed by atoms with E-state index in [2.05, 4.69) is 20.2 Å². The summed E-state index contributed by atoms with van der Waals surface area (Å²) < 4.78 is 1.88. The third kappa shape index (κ3) is 2.91. The minimum atomic E-state index is 0.221. The molecule has 18 heavy (non-hydrogen) atoms. The van der Waals surface area contributed by atoms with Crippen molar-refractivity contribution in [1.29, 1.82) is 0 Å². The fraction of sp³-hybridized carbons (Fsp3) is 0.400. The van der Waals surface area contributed by atoms with E-state index in [1.54, 1.807) is 6.20 Å². The molecule has 0 unspecified atom stereocenters. The molecule has 2 rings (SSSR count). The zero-order chi connectivity index (χ0) is 13.1. The van der Waals surface area contributed by atoms with Gasteiger partial charge in [0, 0.05) is 11.8 Å². The number of nitrogen functional groups attached to an aromatic ring is 1. The number of hydrogen-bond donors (Lipinski definition) is 1. The van der Waals surface area contributed by atoms with Gasteiger partial charge in [0.2, 0.25) is 5.95 Å². The van der Waals surface area contributed by atoms with Crippen molar-refractivity contribution in [3.8, 4) is 0 Å². The Balaban J connectivity index is 2.08. The van der Waals surface area contributed by atoms with Gasteiger partial charge in [0.25, 0.3) is 0 Å². The fourth-order valence-corrected chi connectivity index (χ4v) is 2.49. The second-order valence-corrected chi connectivity index (χ2v) is 5.25. The first-order valence-corrected chi connectivity index (χ1v) is 6.74. The van der Waals surface area contributed by atoms with Crippen molar-refractivity contribution in [2.45, 2.75) is 30.8 Å². The fourth-order valence-electron chi connectivity index (χ4n) is 1.42. The summed E-state index contributed by atoms with van der Waals surface area (Å²) in [6, 6.07) is 0.221. The lowest BCUT2D eigenvalue weighted by Crippen LogP contribution is -2.07. The summed E-state index contributed by atoms with van der Waals surface area (Å²) in [4.78, 5) is 8.15. The van der Waals surface area contributed by atoms with Gasteiger partial charge in [0.1, 0.15) is 5.15 Å². The summed E-state index contributed by atoms with van der Waals surface area (Å²) in [6.07, 6.45) is 3.17.